The van der Waals surface area contributed by atoms with Gasteiger partial charge in [0.1, 0.15) is 5.52 Å². The number of ether oxygens (including phenoxy) is 2. The number of hydrogen-bond donors (Lipinski definition) is 2. The summed E-state index contributed by atoms with van der Waals surface area (Å²) in [6, 6.07) is 0.221. The Balaban J connectivity index is 1.85. The van der Waals surface area contributed by atoms with Crippen molar-refractivity contribution in [3.63, 3.8) is 0 Å². The molecule has 0 radical (unpaired) electrons. The summed E-state index contributed by atoms with van der Waals surface area (Å²) < 4.78 is 12.9. The molecule has 3 N–H and O–H groups in total. The number of aromatic nitrogens is 4. The topological polar surface area (TPSA) is 108 Å². The van der Waals surface area contributed by atoms with Crippen molar-refractivity contribution in [2.75, 3.05) is 25.6 Å². The van der Waals surface area contributed by atoms with E-state index in [0.717, 1.165) is 38.9 Å². The van der Waals surface area contributed by atoms with E-state index in [1.807, 2.05) is 0 Å². The maximum absolute atomic E-state index is 12.4. The summed E-state index contributed by atoms with van der Waals surface area (Å²) in [4.78, 5) is 23.8. The first-order chi connectivity index (χ1) is 12.4. The number of imidazole rings is 1. The average Bonchev–Trinajstić information content (AvgIpc) is 2.91. The third-order valence-corrected chi connectivity index (χ3v) is 4.93. The largest absolute Gasteiger partial charge is 0.463 e. The number of rotatable bonds is 7. The number of hydrogen-bond acceptors (Lipinski definition) is 6. The van der Waals surface area contributed by atoms with E-state index in [1.165, 1.54) is 0 Å². The summed E-state index contributed by atoms with van der Waals surface area (Å²) in [5, 5.41) is 0. The summed E-state index contributed by atoms with van der Waals surface area (Å²) in [5.41, 5.74) is 6.84. The number of nitrogens with two attached hydrogens (primary N) is 1. The van der Waals surface area contributed by atoms with Crippen molar-refractivity contribution in [1.82, 2.24) is 19.5 Å². The second-order valence-corrected chi connectivity index (χ2v) is 7.89. The molecule has 0 bridgehead atoms. The Morgan fingerprint density at radius 1 is 1.35 bits per heavy atom. The van der Waals surface area contributed by atoms with Gasteiger partial charge in [-0.25, -0.2) is 4.79 Å². The predicted octanol–water partition coefficient (Wildman–Crippen LogP) is 2.33. The van der Waals surface area contributed by atoms with Crippen LogP contribution in [0.4, 0.5) is 5.82 Å². The summed E-state index contributed by atoms with van der Waals surface area (Å²) in [5.74, 6) is 0.630. The minimum absolute atomic E-state index is 0.0295. The predicted molar refractivity (Wildman–Crippen MR) is 100 cm³/mol. The lowest BCUT2D eigenvalue weighted by molar-refractivity contribution is 0.0613. The first-order valence-electron chi connectivity index (χ1n) is 9.36. The third kappa shape index (κ3) is 4.17. The van der Waals surface area contributed by atoms with E-state index in [4.69, 9.17) is 15.2 Å². The molecule has 0 aliphatic carbocycles. The Bertz CT molecular complexity index is 805. The molecular weight excluding hydrogens is 334 g/mol. The van der Waals surface area contributed by atoms with Crippen LogP contribution in [-0.4, -0.2) is 39.3 Å². The second-order valence-electron chi connectivity index (χ2n) is 7.89. The molecule has 8 heteroatoms. The molecule has 26 heavy (non-hydrogen) atoms. The first-order valence-corrected chi connectivity index (χ1v) is 9.36. The van der Waals surface area contributed by atoms with E-state index in [2.05, 4.69) is 35.7 Å². The highest BCUT2D eigenvalue weighted by molar-refractivity contribution is 5.81. The van der Waals surface area contributed by atoms with Crippen molar-refractivity contribution >= 4 is 17.0 Å². The van der Waals surface area contributed by atoms with Crippen LogP contribution in [0.1, 0.15) is 46.5 Å². The van der Waals surface area contributed by atoms with Gasteiger partial charge in [0.25, 0.3) is 0 Å². The molecule has 1 fully saturated rings. The number of nitrogens with one attached hydrogen (secondary N) is 1. The van der Waals surface area contributed by atoms with Gasteiger partial charge in [0.2, 0.25) is 0 Å². The van der Waals surface area contributed by atoms with E-state index in [-0.39, 0.29) is 22.9 Å². The van der Waals surface area contributed by atoms with Crippen LogP contribution in [-0.2, 0) is 11.3 Å². The zero-order chi connectivity index (χ0) is 18.7. The van der Waals surface area contributed by atoms with Gasteiger partial charge in [-0.2, -0.15) is 9.97 Å². The molecule has 1 saturated heterocycles. The molecule has 0 atom stereocenters. The van der Waals surface area contributed by atoms with Crippen molar-refractivity contribution in [2.24, 2.45) is 11.3 Å². The van der Waals surface area contributed by atoms with Gasteiger partial charge in [0, 0.05) is 19.8 Å². The summed E-state index contributed by atoms with van der Waals surface area (Å²) in [6.07, 6.45) is 4.01. The fourth-order valence-corrected chi connectivity index (χ4v) is 3.46. The van der Waals surface area contributed by atoms with Crippen LogP contribution in [0.25, 0.3) is 11.2 Å². The molecule has 2 aromatic rings. The maximum Gasteiger partial charge on any atom is 0.327 e. The number of nitrogens with zero attached hydrogens (tertiary/aromatic N) is 3. The Kier molecular flexibility index (Phi) is 5.50. The van der Waals surface area contributed by atoms with Gasteiger partial charge in [-0.3, -0.25) is 4.57 Å². The lowest BCUT2D eigenvalue weighted by atomic mass is 9.89. The lowest BCUT2D eigenvalue weighted by Crippen LogP contribution is -2.26. The van der Waals surface area contributed by atoms with Gasteiger partial charge in [-0.05, 0) is 30.6 Å². The fourth-order valence-electron chi connectivity index (χ4n) is 3.46. The molecule has 3 heterocycles. The lowest BCUT2D eigenvalue weighted by Gasteiger charge is -2.23. The van der Waals surface area contributed by atoms with Crippen molar-refractivity contribution in [2.45, 2.75) is 53.0 Å². The van der Waals surface area contributed by atoms with Crippen LogP contribution in [0.3, 0.4) is 0 Å². The van der Waals surface area contributed by atoms with Crippen molar-refractivity contribution < 1.29 is 9.47 Å². The Morgan fingerprint density at radius 2 is 2.08 bits per heavy atom. The van der Waals surface area contributed by atoms with Crippen molar-refractivity contribution in [1.29, 1.82) is 0 Å². The standard InChI is InChI=1S/C18H29N5O3/c1-4-7-18(2,3)11-26-16-21-14(19)13-15(22-16)23(17(24)20-13)10-12-5-8-25-9-6-12/h12H,4-11H2,1-3H3,(H,20,24)(H2,19,21,22). The van der Waals surface area contributed by atoms with Gasteiger partial charge in [-0.1, -0.05) is 27.2 Å². The molecule has 3 rings (SSSR count). The third-order valence-electron chi connectivity index (χ3n) is 4.93. The van der Waals surface area contributed by atoms with Gasteiger partial charge in [-0.15, -0.1) is 0 Å². The summed E-state index contributed by atoms with van der Waals surface area (Å²) in [6.45, 7) is 9.02. The van der Waals surface area contributed by atoms with Crippen LogP contribution in [0.2, 0.25) is 0 Å². The fraction of sp³-hybridized carbons (Fsp3) is 0.722. The molecule has 144 valence electrons. The Morgan fingerprint density at radius 3 is 2.77 bits per heavy atom. The van der Waals surface area contributed by atoms with Crippen LogP contribution < -0.4 is 16.2 Å². The monoisotopic (exact) mass is 363 g/mol. The Labute approximate surface area is 153 Å². The average molecular weight is 363 g/mol. The Hall–Kier alpha value is -2.09. The smallest absolute Gasteiger partial charge is 0.327 e. The van der Waals surface area contributed by atoms with Crippen molar-refractivity contribution in [3.8, 4) is 6.01 Å². The number of fused-ring (bicyclic) bond motifs is 1. The molecule has 0 spiro atoms. The highest BCUT2D eigenvalue weighted by Crippen LogP contribution is 2.25. The first kappa shape index (κ1) is 18.7. The molecule has 2 aromatic heterocycles. The van der Waals surface area contributed by atoms with Crippen LogP contribution in [0, 0.1) is 11.3 Å². The summed E-state index contributed by atoms with van der Waals surface area (Å²) >= 11 is 0. The molecule has 0 aromatic carbocycles. The van der Waals surface area contributed by atoms with Crippen LogP contribution in [0.5, 0.6) is 6.01 Å². The number of aromatic amines is 1. The molecular formula is C18H29N5O3. The SMILES string of the molecule is CCCC(C)(C)COc1nc(N)c2[nH]c(=O)n(CC3CCOCC3)c2n1. The molecule has 0 amide bonds. The minimum atomic E-state index is -0.212. The zero-order valence-corrected chi connectivity index (χ0v) is 15.9. The second kappa shape index (κ2) is 7.65. The number of H-pyrrole nitrogens is 1. The van der Waals surface area contributed by atoms with E-state index in [0.29, 0.717) is 30.2 Å². The van der Waals surface area contributed by atoms with E-state index in [9.17, 15) is 4.79 Å². The number of nitrogen functional groups attached to an aromatic ring is 1. The molecule has 0 saturated carbocycles. The van der Waals surface area contributed by atoms with Gasteiger partial charge in [0.05, 0.1) is 6.61 Å². The minimum Gasteiger partial charge on any atom is -0.463 e. The normalized spacial score (nSPS) is 16.3. The van der Waals surface area contributed by atoms with Crippen LogP contribution in [0.15, 0.2) is 4.79 Å². The molecule has 8 nitrogen and oxygen atoms in total. The highest BCUT2D eigenvalue weighted by Gasteiger charge is 2.22. The van der Waals surface area contributed by atoms with Gasteiger partial charge >= 0.3 is 11.7 Å². The van der Waals surface area contributed by atoms with Crippen LogP contribution >= 0.6 is 0 Å². The van der Waals surface area contributed by atoms with Gasteiger partial charge < -0.3 is 20.2 Å². The van der Waals surface area contributed by atoms with Crippen molar-refractivity contribution in [3.05, 3.63) is 10.5 Å². The number of anilines is 1. The summed E-state index contributed by atoms with van der Waals surface area (Å²) in [7, 11) is 0. The highest BCUT2D eigenvalue weighted by atomic mass is 16.5. The van der Waals surface area contributed by atoms with E-state index in [1.54, 1.807) is 4.57 Å². The zero-order valence-electron chi connectivity index (χ0n) is 15.9. The van der Waals surface area contributed by atoms with E-state index >= 15 is 0 Å². The molecule has 1 aliphatic rings. The van der Waals surface area contributed by atoms with E-state index < -0.39 is 0 Å². The van der Waals surface area contributed by atoms with Gasteiger partial charge in [0.15, 0.2) is 11.5 Å². The molecule has 0 unspecified atom stereocenters. The maximum atomic E-state index is 12.4. The molecule has 1 aliphatic heterocycles. The quantitative estimate of drug-likeness (QED) is 0.781.